The fourth-order valence-electron chi connectivity index (χ4n) is 1.64. The molecule has 0 radical (unpaired) electrons. The average Bonchev–Trinajstić information content (AvgIpc) is 2.63. The monoisotopic (exact) mass is 221 g/mol. The van der Waals surface area contributed by atoms with Crippen molar-refractivity contribution in [3.63, 3.8) is 0 Å². The fraction of sp³-hybridized carbons (Fsp3) is 0.273. The largest absolute Gasteiger partial charge is 0.216 e. The molecular weight excluding hydrogens is 210 g/mol. The molecule has 2 aromatic rings. The third-order valence-electron chi connectivity index (χ3n) is 2.21. The normalized spacial score (nSPS) is 10.6. The molecule has 0 aliphatic heterocycles. The van der Waals surface area contributed by atoms with Crippen LogP contribution >= 0.6 is 11.6 Å². The Morgan fingerprint density at radius 2 is 1.87 bits per heavy atom. The molecule has 0 aliphatic carbocycles. The summed E-state index contributed by atoms with van der Waals surface area (Å²) in [6, 6.07) is 6.26. The first-order chi connectivity index (χ1) is 7.20. The summed E-state index contributed by atoms with van der Waals surface area (Å²) < 4.78 is 1.77. The topological polar surface area (TPSA) is 30.7 Å². The molecule has 0 amide bonds. The van der Waals surface area contributed by atoms with E-state index in [4.69, 9.17) is 11.6 Å². The van der Waals surface area contributed by atoms with Crippen molar-refractivity contribution in [1.29, 1.82) is 0 Å². The Kier molecular flexibility index (Phi) is 2.73. The number of aromatic nitrogens is 3. The second-order valence-electron chi connectivity index (χ2n) is 3.62. The maximum absolute atomic E-state index is 5.80. The van der Waals surface area contributed by atoms with E-state index in [1.165, 1.54) is 11.1 Å². The number of alkyl halides is 1. The van der Waals surface area contributed by atoms with Gasteiger partial charge in [-0.3, -0.25) is 0 Å². The van der Waals surface area contributed by atoms with Crippen LogP contribution in [0.1, 0.15) is 16.8 Å². The molecule has 0 spiro atoms. The number of nitrogens with zero attached hydrogens (tertiary/aromatic N) is 3. The SMILES string of the molecule is Cc1cc(C)cc(-n2nncc2CCl)c1. The molecule has 1 aromatic carbocycles. The summed E-state index contributed by atoms with van der Waals surface area (Å²) >= 11 is 5.80. The van der Waals surface area contributed by atoms with Gasteiger partial charge in [-0.05, 0) is 37.1 Å². The smallest absolute Gasteiger partial charge is 0.0793 e. The predicted molar refractivity (Wildman–Crippen MR) is 60.4 cm³/mol. The minimum Gasteiger partial charge on any atom is -0.216 e. The van der Waals surface area contributed by atoms with E-state index >= 15 is 0 Å². The highest BCUT2D eigenvalue weighted by molar-refractivity contribution is 6.16. The molecule has 3 nitrogen and oxygen atoms in total. The second-order valence-corrected chi connectivity index (χ2v) is 3.88. The molecule has 2 rings (SSSR count). The summed E-state index contributed by atoms with van der Waals surface area (Å²) in [6.07, 6.45) is 1.69. The summed E-state index contributed by atoms with van der Waals surface area (Å²) in [6.45, 7) is 4.13. The van der Waals surface area contributed by atoms with Crippen LogP contribution in [-0.2, 0) is 5.88 Å². The predicted octanol–water partition coefficient (Wildman–Crippen LogP) is 2.62. The minimum atomic E-state index is 0.417. The van der Waals surface area contributed by atoms with Gasteiger partial charge in [0.1, 0.15) is 0 Å². The lowest BCUT2D eigenvalue weighted by Crippen LogP contribution is -2.01. The van der Waals surface area contributed by atoms with Gasteiger partial charge in [0, 0.05) is 0 Å². The van der Waals surface area contributed by atoms with Gasteiger partial charge < -0.3 is 0 Å². The molecule has 0 saturated heterocycles. The van der Waals surface area contributed by atoms with E-state index in [0.29, 0.717) is 5.88 Å². The van der Waals surface area contributed by atoms with Crippen molar-refractivity contribution in [1.82, 2.24) is 15.0 Å². The third-order valence-corrected chi connectivity index (χ3v) is 2.48. The lowest BCUT2D eigenvalue weighted by atomic mass is 10.1. The summed E-state index contributed by atoms with van der Waals surface area (Å²) in [5.74, 6) is 0.417. The van der Waals surface area contributed by atoms with Crippen molar-refractivity contribution in [3.05, 3.63) is 41.2 Å². The second kappa shape index (κ2) is 4.03. The number of halogens is 1. The number of hydrogen-bond donors (Lipinski definition) is 0. The Bertz CT molecular complexity index is 456. The zero-order valence-electron chi connectivity index (χ0n) is 8.74. The zero-order chi connectivity index (χ0) is 10.8. The van der Waals surface area contributed by atoms with Crippen molar-refractivity contribution in [2.45, 2.75) is 19.7 Å². The van der Waals surface area contributed by atoms with Crippen molar-refractivity contribution >= 4 is 11.6 Å². The number of benzene rings is 1. The van der Waals surface area contributed by atoms with Gasteiger partial charge in [-0.25, -0.2) is 4.68 Å². The van der Waals surface area contributed by atoms with Crippen LogP contribution in [0.5, 0.6) is 0 Å². The molecule has 0 aliphatic rings. The molecule has 1 heterocycles. The quantitative estimate of drug-likeness (QED) is 0.730. The summed E-state index contributed by atoms with van der Waals surface area (Å²) in [7, 11) is 0. The first-order valence-electron chi connectivity index (χ1n) is 4.75. The molecular formula is C11H12ClN3. The highest BCUT2D eigenvalue weighted by Crippen LogP contribution is 2.15. The summed E-state index contributed by atoms with van der Waals surface area (Å²) in [5, 5.41) is 7.88. The Balaban J connectivity index is 2.53. The zero-order valence-corrected chi connectivity index (χ0v) is 9.49. The van der Waals surface area contributed by atoms with Crippen molar-refractivity contribution in [2.24, 2.45) is 0 Å². The molecule has 0 bridgehead atoms. The van der Waals surface area contributed by atoms with E-state index in [0.717, 1.165) is 11.4 Å². The lowest BCUT2D eigenvalue weighted by Gasteiger charge is -2.06. The van der Waals surface area contributed by atoms with Gasteiger partial charge in [-0.2, -0.15) is 0 Å². The molecule has 4 heteroatoms. The van der Waals surface area contributed by atoms with Gasteiger partial charge in [0.2, 0.25) is 0 Å². The molecule has 0 fully saturated rings. The van der Waals surface area contributed by atoms with Gasteiger partial charge in [0.25, 0.3) is 0 Å². The van der Waals surface area contributed by atoms with Crippen LogP contribution in [0.3, 0.4) is 0 Å². The fourth-order valence-corrected chi connectivity index (χ4v) is 1.82. The standard InChI is InChI=1S/C11H12ClN3/c1-8-3-9(2)5-10(4-8)15-11(6-12)7-13-14-15/h3-5,7H,6H2,1-2H3. The first-order valence-corrected chi connectivity index (χ1v) is 5.28. The van der Waals surface area contributed by atoms with Gasteiger partial charge in [0.05, 0.1) is 23.5 Å². The highest BCUT2D eigenvalue weighted by atomic mass is 35.5. The molecule has 0 saturated carbocycles. The van der Waals surface area contributed by atoms with E-state index < -0.39 is 0 Å². The van der Waals surface area contributed by atoms with Crippen LogP contribution in [0.15, 0.2) is 24.4 Å². The molecule has 0 atom stereocenters. The Morgan fingerprint density at radius 1 is 1.20 bits per heavy atom. The lowest BCUT2D eigenvalue weighted by molar-refractivity contribution is 0.780. The number of aryl methyl sites for hydroxylation is 2. The van der Waals surface area contributed by atoms with Crippen LogP contribution in [0, 0.1) is 13.8 Å². The summed E-state index contributed by atoms with van der Waals surface area (Å²) in [4.78, 5) is 0. The van der Waals surface area contributed by atoms with E-state index in [9.17, 15) is 0 Å². The third kappa shape index (κ3) is 2.02. The Labute approximate surface area is 93.7 Å². The maximum Gasteiger partial charge on any atom is 0.0793 e. The van der Waals surface area contributed by atoms with Gasteiger partial charge in [-0.15, -0.1) is 16.7 Å². The highest BCUT2D eigenvalue weighted by Gasteiger charge is 2.05. The van der Waals surface area contributed by atoms with Crippen LogP contribution < -0.4 is 0 Å². The molecule has 0 N–H and O–H groups in total. The van der Waals surface area contributed by atoms with E-state index in [2.05, 4.69) is 42.4 Å². The van der Waals surface area contributed by atoms with Crippen molar-refractivity contribution < 1.29 is 0 Å². The maximum atomic E-state index is 5.80. The molecule has 78 valence electrons. The Morgan fingerprint density at radius 3 is 2.47 bits per heavy atom. The Hall–Kier alpha value is -1.35. The van der Waals surface area contributed by atoms with E-state index in [1.54, 1.807) is 10.9 Å². The van der Waals surface area contributed by atoms with Gasteiger partial charge in [0.15, 0.2) is 0 Å². The summed E-state index contributed by atoms with van der Waals surface area (Å²) in [5.41, 5.74) is 4.34. The molecule has 15 heavy (non-hydrogen) atoms. The number of hydrogen-bond acceptors (Lipinski definition) is 2. The van der Waals surface area contributed by atoms with Crippen LogP contribution in [0.4, 0.5) is 0 Å². The van der Waals surface area contributed by atoms with E-state index in [-0.39, 0.29) is 0 Å². The number of rotatable bonds is 2. The van der Waals surface area contributed by atoms with E-state index in [1.807, 2.05) is 0 Å². The first kappa shape index (κ1) is 10.2. The molecule has 1 aromatic heterocycles. The minimum absolute atomic E-state index is 0.417. The van der Waals surface area contributed by atoms with Crippen molar-refractivity contribution in [3.8, 4) is 5.69 Å². The van der Waals surface area contributed by atoms with Crippen molar-refractivity contribution in [2.75, 3.05) is 0 Å². The van der Waals surface area contributed by atoms with Crippen LogP contribution in [0.2, 0.25) is 0 Å². The molecule has 0 unspecified atom stereocenters. The van der Waals surface area contributed by atoms with Gasteiger partial charge >= 0.3 is 0 Å². The van der Waals surface area contributed by atoms with Crippen LogP contribution in [0.25, 0.3) is 5.69 Å². The average molecular weight is 222 g/mol. The van der Waals surface area contributed by atoms with Crippen LogP contribution in [-0.4, -0.2) is 15.0 Å². The van der Waals surface area contributed by atoms with Gasteiger partial charge in [-0.1, -0.05) is 11.3 Å².